The molecule has 0 radical (unpaired) electrons. The molecule has 1 aromatic carbocycles. The third-order valence-electron chi connectivity index (χ3n) is 3.49. The number of rotatable bonds is 4. The van der Waals surface area contributed by atoms with Crippen molar-refractivity contribution in [2.45, 2.75) is 12.7 Å². The molecule has 0 spiro atoms. The summed E-state index contributed by atoms with van der Waals surface area (Å²) in [6, 6.07) is 10.1. The minimum absolute atomic E-state index is 0.322. The Labute approximate surface area is 141 Å². The van der Waals surface area contributed by atoms with Gasteiger partial charge in [-0.15, -0.1) is 0 Å². The fraction of sp³-hybridized carbons (Fsp3) is 0.118. The molecule has 128 valence electrons. The Bertz CT molecular complexity index is 863. The van der Waals surface area contributed by atoms with Gasteiger partial charge in [0.2, 0.25) is 0 Å². The number of aromatic nitrogens is 3. The Hall–Kier alpha value is -3.16. The molecule has 0 amide bonds. The molecule has 0 atom stereocenters. The second-order valence-corrected chi connectivity index (χ2v) is 5.25. The van der Waals surface area contributed by atoms with Crippen LogP contribution in [0.4, 0.5) is 24.8 Å². The van der Waals surface area contributed by atoms with E-state index < -0.39 is 11.7 Å². The Morgan fingerprint density at radius 1 is 0.960 bits per heavy atom. The van der Waals surface area contributed by atoms with Crippen molar-refractivity contribution in [3.8, 4) is 11.4 Å². The van der Waals surface area contributed by atoms with E-state index in [0.29, 0.717) is 35.1 Å². The van der Waals surface area contributed by atoms with Crippen LogP contribution >= 0.6 is 0 Å². The zero-order chi connectivity index (χ0) is 17.9. The lowest BCUT2D eigenvalue weighted by atomic mass is 10.1. The van der Waals surface area contributed by atoms with Crippen LogP contribution in [0.25, 0.3) is 11.4 Å². The number of nitrogens with one attached hydrogen (secondary N) is 1. The lowest BCUT2D eigenvalue weighted by Crippen LogP contribution is -2.06. The number of benzene rings is 1. The first kappa shape index (κ1) is 16.7. The van der Waals surface area contributed by atoms with Gasteiger partial charge in [-0.1, -0.05) is 12.1 Å². The summed E-state index contributed by atoms with van der Waals surface area (Å²) in [5.74, 6) is 1.28. The molecule has 8 heteroatoms. The van der Waals surface area contributed by atoms with Crippen molar-refractivity contribution in [3.63, 3.8) is 0 Å². The van der Waals surface area contributed by atoms with Gasteiger partial charge in [0.1, 0.15) is 11.6 Å². The van der Waals surface area contributed by atoms with E-state index in [1.165, 1.54) is 12.1 Å². The van der Waals surface area contributed by atoms with E-state index in [1.807, 2.05) is 0 Å². The standard InChI is InChI=1S/C17H14F3N5/c18-17(19,20)12-5-3-11(4-6-12)10-24-14-7-9-23-16(25-14)13-2-1-8-22-15(13)21/h1-9H,10H2,(H2,21,22)(H,23,24,25). The summed E-state index contributed by atoms with van der Waals surface area (Å²) in [6.45, 7) is 0.330. The van der Waals surface area contributed by atoms with E-state index in [-0.39, 0.29) is 0 Å². The summed E-state index contributed by atoms with van der Waals surface area (Å²) in [5, 5.41) is 3.06. The second kappa shape index (κ2) is 6.76. The van der Waals surface area contributed by atoms with Gasteiger partial charge in [-0.05, 0) is 35.9 Å². The first-order chi connectivity index (χ1) is 11.9. The van der Waals surface area contributed by atoms with E-state index in [2.05, 4.69) is 20.3 Å². The van der Waals surface area contributed by atoms with Crippen molar-refractivity contribution >= 4 is 11.6 Å². The number of hydrogen-bond acceptors (Lipinski definition) is 5. The van der Waals surface area contributed by atoms with Gasteiger partial charge in [0, 0.05) is 18.9 Å². The summed E-state index contributed by atoms with van der Waals surface area (Å²) >= 11 is 0. The maximum atomic E-state index is 12.6. The van der Waals surface area contributed by atoms with Crippen LogP contribution in [0.1, 0.15) is 11.1 Å². The number of hydrogen-bond donors (Lipinski definition) is 2. The average molecular weight is 345 g/mol. The molecule has 3 N–H and O–H groups in total. The molecule has 0 aliphatic carbocycles. The molecular weight excluding hydrogens is 331 g/mol. The minimum atomic E-state index is -4.34. The Morgan fingerprint density at radius 2 is 1.72 bits per heavy atom. The normalized spacial score (nSPS) is 11.3. The largest absolute Gasteiger partial charge is 0.416 e. The zero-order valence-corrected chi connectivity index (χ0v) is 13.0. The Kier molecular flexibility index (Phi) is 4.51. The van der Waals surface area contributed by atoms with Crippen LogP contribution in [0.15, 0.2) is 54.9 Å². The van der Waals surface area contributed by atoms with Crippen molar-refractivity contribution in [1.82, 2.24) is 15.0 Å². The highest BCUT2D eigenvalue weighted by Gasteiger charge is 2.29. The highest BCUT2D eigenvalue weighted by molar-refractivity contribution is 5.68. The summed E-state index contributed by atoms with van der Waals surface area (Å²) in [4.78, 5) is 12.5. The van der Waals surface area contributed by atoms with Crippen LogP contribution in [-0.2, 0) is 12.7 Å². The van der Waals surface area contributed by atoms with Gasteiger partial charge >= 0.3 is 6.18 Å². The average Bonchev–Trinajstić information content (AvgIpc) is 2.60. The summed E-state index contributed by atoms with van der Waals surface area (Å²) in [7, 11) is 0. The molecule has 0 saturated heterocycles. The van der Waals surface area contributed by atoms with Crippen LogP contribution in [0, 0.1) is 0 Å². The van der Waals surface area contributed by atoms with Crippen LogP contribution in [0.5, 0.6) is 0 Å². The van der Waals surface area contributed by atoms with Crippen LogP contribution < -0.4 is 11.1 Å². The number of nitrogen functional groups attached to an aromatic ring is 1. The maximum absolute atomic E-state index is 12.6. The Balaban J connectivity index is 1.72. The maximum Gasteiger partial charge on any atom is 0.416 e. The summed E-state index contributed by atoms with van der Waals surface area (Å²) < 4.78 is 37.7. The molecule has 0 bridgehead atoms. The summed E-state index contributed by atoms with van der Waals surface area (Å²) in [5.41, 5.74) is 6.45. The highest BCUT2D eigenvalue weighted by Crippen LogP contribution is 2.29. The van der Waals surface area contributed by atoms with Crippen molar-refractivity contribution in [3.05, 3.63) is 66.0 Å². The monoisotopic (exact) mass is 345 g/mol. The van der Waals surface area contributed by atoms with E-state index >= 15 is 0 Å². The van der Waals surface area contributed by atoms with Crippen molar-refractivity contribution in [2.75, 3.05) is 11.1 Å². The number of nitrogens with two attached hydrogens (primary N) is 1. The topological polar surface area (TPSA) is 76.7 Å². The minimum Gasteiger partial charge on any atom is -0.383 e. The van der Waals surface area contributed by atoms with Gasteiger partial charge < -0.3 is 11.1 Å². The predicted molar refractivity (Wildman–Crippen MR) is 88.4 cm³/mol. The van der Waals surface area contributed by atoms with Crippen molar-refractivity contribution in [1.29, 1.82) is 0 Å². The molecule has 0 fully saturated rings. The molecule has 3 aromatic rings. The first-order valence-electron chi connectivity index (χ1n) is 7.37. The molecule has 2 aromatic heterocycles. The lowest BCUT2D eigenvalue weighted by Gasteiger charge is -2.10. The van der Waals surface area contributed by atoms with Crippen LogP contribution in [0.3, 0.4) is 0 Å². The van der Waals surface area contributed by atoms with E-state index in [1.54, 1.807) is 30.6 Å². The molecule has 0 aliphatic rings. The smallest absolute Gasteiger partial charge is 0.383 e. The molecule has 2 heterocycles. The summed E-state index contributed by atoms with van der Waals surface area (Å²) in [6.07, 6.45) is -1.19. The molecule has 0 unspecified atom stereocenters. The van der Waals surface area contributed by atoms with Gasteiger partial charge in [0.25, 0.3) is 0 Å². The quantitative estimate of drug-likeness (QED) is 0.753. The molecule has 25 heavy (non-hydrogen) atoms. The third-order valence-corrected chi connectivity index (χ3v) is 3.49. The van der Waals surface area contributed by atoms with Crippen LogP contribution in [-0.4, -0.2) is 15.0 Å². The fourth-order valence-electron chi connectivity index (χ4n) is 2.20. The molecule has 3 rings (SSSR count). The second-order valence-electron chi connectivity index (χ2n) is 5.25. The van der Waals surface area contributed by atoms with Crippen molar-refractivity contribution in [2.24, 2.45) is 0 Å². The zero-order valence-electron chi connectivity index (χ0n) is 13.0. The number of alkyl halides is 3. The predicted octanol–water partition coefficient (Wildman–Crippen LogP) is 3.75. The van der Waals surface area contributed by atoms with Crippen molar-refractivity contribution < 1.29 is 13.2 Å². The fourth-order valence-corrected chi connectivity index (χ4v) is 2.20. The van der Waals surface area contributed by atoms with Gasteiger partial charge in [-0.25, -0.2) is 15.0 Å². The van der Waals surface area contributed by atoms with Gasteiger partial charge in [-0.2, -0.15) is 13.2 Å². The number of anilines is 2. The number of halogens is 3. The van der Waals surface area contributed by atoms with E-state index in [4.69, 9.17) is 5.73 Å². The molecule has 5 nitrogen and oxygen atoms in total. The molecular formula is C17H14F3N5. The van der Waals surface area contributed by atoms with E-state index in [9.17, 15) is 13.2 Å². The van der Waals surface area contributed by atoms with Gasteiger partial charge in [0.15, 0.2) is 5.82 Å². The highest BCUT2D eigenvalue weighted by atomic mass is 19.4. The van der Waals surface area contributed by atoms with Gasteiger partial charge in [-0.3, -0.25) is 0 Å². The van der Waals surface area contributed by atoms with Crippen LogP contribution in [0.2, 0.25) is 0 Å². The molecule has 0 saturated carbocycles. The van der Waals surface area contributed by atoms with E-state index in [0.717, 1.165) is 12.1 Å². The SMILES string of the molecule is Nc1ncccc1-c1nccc(NCc2ccc(C(F)(F)F)cc2)n1. The lowest BCUT2D eigenvalue weighted by molar-refractivity contribution is -0.137. The Morgan fingerprint density at radius 3 is 2.40 bits per heavy atom. The molecule has 0 aliphatic heterocycles. The number of pyridine rings is 1. The first-order valence-corrected chi connectivity index (χ1v) is 7.37. The van der Waals surface area contributed by atoms with Gasteiger partial charge in [0.05, 0.1) is 11.1 Å². The number of nitrogens with zero attached hydrogens (tertiary/aromatic N) is 3. The third kappa shape index (κ3) is 4.03.